The van der Waals surface area contributed by atoms with Gasteiger partial charge in [0.1, 0.15) is 18.0 Å². The average molecular weight is 495 g/mol. The van der Waals surface area contributed by atoms with Crippen molar-refractivity contribution in [2.45, 2.75) is 57.7 Å². The smallest absolute Gasteiger partial charge is 0.410 e. The van der Waals surface area contributed by atoms with Crippen molar-refractivity contribution in [1.82, 2.24) is 9.88 Å². The SMILES string of the molecule is CC(C)(C)OC(=O)N1CCC(c2nc(COc3ccc([C@H]4CO[S@@](=O)OC4)cc3)cs2)CC1. The molecule has 8 nitrogen and oxygen atoms in total. The lowest BCUT2D eigenvalue weighted by molar-refractivity contribution is 0.0204. The molecule has 2 aliphatic rings. The molecule has 3 heterocycles. The first kappa shape index (κ1) is 24.1. The third kappa shape index (κ3) is 6.75. The van der Waals surface area contributed by atoms with Crippen LogP contribution in [0, 0.1) is 0 Å². The van der Waals surface area contributed by atoms with Crippen LogP contribution in [0.3, 0.4) is 0 Å². The molecule has 0 N–H and O–H groups in total. The van der Waals surface area contributed by atoms with Crippen LogP contribution < -0.4 is 4.74 Å². The topological polar surface area (TPSA) is 87.2 Å². The number of nitrogens with zero attached hydrogens (tertiary/aromatic N) is 2. The van der Waals surface area contributed by atoms with E-state index < -0.39 is 17.0 Å². The molecule has 1 amide bonds. The third-order valence-corrected chi connectivity index (χ3v) is 7.25. The molecule has 33 heavy (non-hydrogen) atoms. The number of thiazole rings is 1. The van der Waals surface area contributed by atoms with Gasteiger partial charge in [-0.1, -0.05) is 12.1 Å². The van der Waals surface area contributed by atoms with Crippen LogP contribution >= 0.6 is 11.3 Å². The van der Waals surface area contributed by atoms with Gasteiger partial charge in [-0.15, -0.1) is 11.3 Å². The highest BCUT2D eigenvalue weighted by atomic mass is 32.2. The molecule has 2 fully saturated rings. The van der Waals surface area contributed by atoms with Crippen molar-refractivity contribution in [1.29, 1.82) is 0 Å². The monoisotopic (exact) mass is 494 g/mol. The molecular weight excluding hydrogens is 464 g/mol. The van der Waals surface area contributed by atoms with Gasteiger partial charge in [0, 0.05) is 30.3 Å². The number of hydrogen-bond donors (Lipinski definition) is 0. The van der Waals surface area contributed by atoms with E-state index in [1.54, 1.807) is 16.2 Å². The standard InChI is InChI=1S/C23H30N2O6S2/c1-23(2,3)31-22(26)25-10-8-17(9-11-25)21-24-19(15-32-21)14-28-20-6-4-16(5-7-20)18-12-29-33(27)30-13-18/h4-7,15,17-18H,8-14H2,1-3H3/t18-,33+. The van der Waals surface area contributed by atoms with Crippen molar-refractivity contribution in [2.24, 2.45) is 0 Å². The normalized spacial score (nSPS) is 22.2. The maximum atomic E-state index is 12.3. The first-order valence-corrected chi connectivity index (χ1v) is 13.0. The lowest BCUT2D eigenvalue weighted by atomic mass is 9.98. The molecule has 0 atom stereocenters. The van der Waals surface area contributed by atoms with Crippen molar-refractivity contribution < 1.29 is 26.8 Å². The summed E-state index contributed by atoms with van der Waals surface area (Å²) in [6.45, 7) is 8.19. The molecule has 180 valence electrons. The second-order valence-corrected chi connectivity index (χ2v) is 11.0. The van der Waals surface area contributed by atoms with Crippen LogP contribution in [0.15, 0.2) is 29.6 Å². The highest BCUT2D eigenvalue weighted by molar-refractivity contribution is 7.75. The second kappa shape index (κ2) is 10.5. The zero-order valence-electron chi connectivity index (χ0n) is 19.2. The Kier molecular flexibility index (Phi) is 7.68. The van der Waals surface area contributed by atoms with Crippen molar-refractivity contribution in [3.8, 4) is 5.75 Å². The minimum absolute atomic E-state index is 0.0691. The average Bonchev–Trinajstić information content (AvgIpc) is 3.27. The number of rotatable bonds is 5. The first-order chi connectivity index (χ1) is 15.8. The van der Waals surface area contributed by atoms with Gasteiger partial charge < -0.3 is 14.4 Å². The Labute approximate surface area is 201 Å². The van der Waals surface area contributed by atoms with E-state index in [-0.39, 0.29) is 12.0 Å². The molecule has 1 aromatic heterocycles. The number of benzene rings is 1. The first-order valence-electron chi connectivity index (χ1n) is 11.1. The van der Waals surface area contributed by atoms with Crippen LogP contribution in [0.5, 0.6) is 5.75 Å². The van der Waals surface area contributed by atoms with E-state index in [0.717, 1.165) is 34.9 Å². The number of amides is 1. The van der Waals surface area contributed by atoms with Crippen LogP contribution in [0.4, 0.5) is 4.79 Å². The van der Waals surface area contributed by atoms with Gasteiger partial charge in [-0.3, -0.25) is 8.37 Å². The molecule has 2 aliphatic heterocycles. The molecular formula is C23H30N2O6S2. The molecule has 4 rings (SSSR count). The van der Waals surface area contributed by atoms with Gasteiger partial charge in [0.05, 0.1) is 23.9 Å². The molecule has 10 heteroatoms. The predicted molar refractivity (Wildman–Crippen MR) is 125 cm³/mol. The molecule has 0 bridgehead atoms. The summed E-state index contributed by atoms with van der Waals surface area (Å²) in [7, 11) is 0. The van der Waals surface area contributed by atoms with Crippen LogP contribution in [-0.2, 0) is 31.1 Å². The molecule has 0 unspecified atom stereocenters. The van der Waals surface area contributed by atoms with E-state index >= 15 is 0 Å². The lowest BCUT2D eigenvalue weighted by Crippen LogP contribution is -2.41. The van der Waals surface area contributed by atoms with Gasteiger partial charge in [-0.2, -0.15) is 4.21 Å². The molecule has 0 spiro atoms. The predicted octanol–water partition coefficient (Wildman–Crippen LogP) is 4.55. The summed E-state index contributed by atoms with van der Waals surface area (Å²) in [4.78, 5) is 18.8. The number of likely N-dealkylation sites (tertiary alicyclic amines) is 1. The molecule has 0 radical (unpaired) electrons. The van der Waals surface area contributed by atoms with Crippen LogP contribution in [-0.4, -0.2) is 52.1 Å². The van der Waals surface area contributed by atoms with Crippen molar-refractivity contribution in [3.63, 3.8) is 0 Å². The summed E-state index contributed by atoms with van der Waals surface area (Å²) in [5, 5.41) is 3.14. The molecule has 0 aliphatic carbocycles. The number of piperidine rings is 1. The van der Waals surface area contributed by atoms with Gasteiger partial charge in [0.15, 0.2) is 0 Å². The van der Waals surface area contributed by atoms with Crippen LogP contribution in [0.2, 0.25) is 0 Å². The van der Waals surface area contributed by atoms with E-state index in [1.165, 1.54) is 0 Å². The largest absolute Gasteiger partial charge is 0.487 e. The minimum atomic E-state index is -1.62. The van der Waals surface area contributed by atoms with Gasteiger partial charge in [-0.05, 0) is 51.3 Å². The number of hydrogen-bond acceptors (Lipinski definition) is 8. The fourth-order valence-electron chi connectivity index (χ4n) is 3.76. The maximum Gasteiger partial charge on any atom is 0.410 e. The van der Waals surface area contributed by atoms with Crippen LogP contribution in [0.1, 0.15) is 61.7 Å². The Hall–Kier alpha value is -2.01. The lowest BCUT2D eigenvalue weighted by Gasteiger charge is -2.32. The van der Waals surface area contributed by atoms with E-state index in [9.17, 15) is 9.00 Å². The van der Waals surface area contributed by atoms with Gasteiger partial charge in [0.2, 0.25) is 0 Å². The quantitative estimate of drug-likeness (QED) is 0.603. The molecule has 2 aromatic rings. The number of ether oxygens (including phenoxy) is 2. The van der Waals surface area contributed by atoms with Gasteiger partial charge in [0.25, 0.3) is 0 Å². The Balaban J connectivity index is 1.24. The Bertz CT molecular complexity index is 954. The van der Waals surface area contributed by atoms with Crippen molar-refractivity contribution in [2.75, 3.05) is 26.3 Å². The Morgan fingerprint density at radius 1 is 1.15 bits per heavy atom. The Morgan fingerprint density at radius 2 is 1.82 bits per heavy atom. The number of carbonyl (C=O) groups excluding carboxylic acids is 1. The maximum absolute atomic E-state index is 12.3. The summed E-state index contributed by atoms with van der Waals surface area (Å²) in [5.41, 5.74) is 1.50. The molecule has 0 saturated carbocycles. The zero-order valence-corrected chi connectivity index (χ0v) is 20.8. The fourth-order valence-corrected chi connectivity index (χ4v) is 5.35. The Morgan fingerprint density at radius 3 is 2.45 bits per heavy atom. The molecule has 1 aromatic carbocycles. The van der Waals surface area contributed by atoms with Gasteiger partial charge >= 0.3 is 17.5 Å². The van der Waals surface area contributed by atoms with Crippen LogP contribution in [0.25, 0.3) is 0 Å². The number of carbonyl (C=O) groups is 1. The van der Waals surface area contributed by atoms with E-state index in [4.69, 9.17) is 22.8 Å². The van der Waals surface area contributed by atoms with E-state index in [2.05, 4.69) is 0 Å². The minimum Gasteiger partial charge on any atom is -0.487 e. The summed E-state index contributed by atoms with van der Waals surface area (Å²) >= 11 is 0.0288. The van der Waals surface area contributed by atoms with E-state index in [1.807, 2.05) is 50.4 Å². The summed E-state index contributed by atoms with van der Waals surface area (Å²) in [6, 6.07) is 7.79. The molecule has 2 saturated heterocycles. The van der Waals surface area contributed by atoms with E-state index in [0.29, 0.717) is 38.8 Å². The van der Waals surface area contributed by atoms with Crippen molar-refractivity contribution >= 4 is 28.8 Å². The summed E-state index contributed by atoms with van der Waals surface area (Å²) < 4.78 is 32.6. The highest BCUT2D eigenvalue weighted by Gasteiger charge is 2.28. The van der Waals surface area contributed by atoms with Gasteiger partial charge in [-0.25, -0.2) is 9.78 Å². The summed E-state index contributed by atoms with van der Waals surface area (Å²) in [5.74, 6) is 1.19. The van der Waals surface area contributed by atoms with Crippen molar-refractivity contribution in [3.05, 3.63) is 45.9 Å². The third-order valence-electron chi connectivity index (χ3n) is 5.53. The number of aromatic nitrogens is 1. The summed E-state index contributed by atoms with van der Waals surface area (Å²) in [6.07, 6.45) is 1.53. The second-order valence-electron chi connectivity index (χ2n) is 9.25. The highest BCUT2D eigenvalue weighted by Crippen LogP contribution is 2.31. The zero-order chi connectivity index (χ0) is 23.4. The fraction of sp³-hybridized carbons (Fsp3) is 0.565.